The number of hydrogen-bond acceptors (Lipinski definition) is 4. The van der Waals surface area contributed by atoms with Gasteiger partial charge in [-0.3, -0.25) is 0 Å². The molecule has 0 amide bonds. The van der Waals surface area contributed by atoms with Crippen LogP contribution in [0.5, 0.6) is 5.75 Å². The molecule has 1 aliphatic carbocycles. The highest BCUT2D eigenvalue weighted by Gasteiger charge is 2.23. The van der Waals surface area contributed by atoms with E-state index in [1.807, 2.05) is 12.1 Å². The number of pyridine rings is 1. The van der Waals surface area contributed by atoms with Crippen LogP contribution >= 0.6 is 45.2 Å². The summed E-state index contributed by atoms with van der Waals surface area (Å²) in [7, 11) is 0. The smallest absolute Gasteiger partial charge is 0.142 e. The third-order valence-electron chi connectivity index (χ3n) is 3.92. The van der Waals surface area contributed by atoms with Gasteiger partial charge in [-0.05, 0) is 94.1 Å². The number of anilines is 1. The van der Waals surface area contributed by atoms with Crippen LogP contribution in [0.25, 0.3) is 11.1 Å². The van der Waals surface area contributed by atoms with Crippen molar-refractivity contribution >= 4 is 51.0 Å². The number of aromatic nitrogens is 1. The van der Waals surface area contributed by atoms with Crippen LogP contribution in [0.3, 0.4) is 0 Å². The Bertz CT molecular complexity index is 789. The van der Waals surface area contributed by atoms with Gasteiger partial charge in [-0.1, -0.05) is 0 Å². The number of rotatable bonds is 1. The molecule has 0 bridgehead atoms. The maximum absolute atomic E-state index is 9.98. The largest absolute Gasteiger partial charge is 0.506 e. The summed E-state index contributed by atoms with van der Waals surface area (Å²) in [6.07, 6.45) is 4.03. The summed E-state index contributed by atoms with van der Waals surface area (Å²) in [6, 6.07) is 6.02. The summed E-state index contributed by atoms with van der Waals surface area (Å²) in [6.45, 7) is 0. The number of nitrogen functional groups attached to an aromatic ring is 1. The Morgan fingerprint density at radius 1 is 1.18 bits per heavy atom. The van der Waals surface area contributed by atoms with Crippen molar-refractivity contribution in [2.24, 2.45) is 0 Å². The second-order valence-corrected chi connectivity index (χ2v) is 7.60. The van der Waals surface area contributed by atoms with Gasteiger partial charge in [0, 0.05) is 11.3 Å². The number of fused-ring (bicyclic) bond motifs is 1. The maximum atomic E-state index is 9.98. The van der Waals surface area contributed by atoms with Crippen molar-refractivity contribution < 1.29 is 5.11 Å². The number of aromatic hydroxyl groups is 1. The van der Waals surface area contributed by atoms with E-state index in [4.69, 9.17) is 5.73 Å². The van der Waals surface area contributed by atoms with E-state index in [1.165, 1.54) is 0 Å². The third-order valence-corrected chi connectivity index (χ3v) is 5.56. The Morgan fingerprint density at radius 2 is 1.82 bits per heavy atom. The van der Waals surface area contributed by atoms with Gasteiger partial charge in [-0.15, -0.1) is 0 Å². The van der Waals surface area contributed by atoms with E-state index in [2.05, 4.69) is 56.2 Å². The zero-order chi connectivity index (χ0) is 15.9. The monoisotopic (exact) mass is 517 g/mol. The number of nitriles is 1. The molecule has 1 aromatic heterocycles. The van der Waals surface area contributed by atoms with E-state index in [-0.39, 0.29) is 5.75 Å². The molecule has 4 nitrogen and oxygen atoms in total. The molecule has 0 aliphatic heterocycles. The van der Waals surface area contributed by atoms with E-state index < -0.39 is 0 Å². The minimum absolute atomic E-state index is 0.277. The van der Waals surface area contributed by atoms with Gasteiger partial charge in [0.25, 0.3) is 0 Å². The molecule has 0 atom stereocenters. The first kappa shape index (κ1) is 15.8. The number of halogens is 2. The summed E-state index contributed by atoms with van der Waals surface area (Å²) < 4.78 is 1.53. The van der Waals surface area contributed by atoms with E-state index in [1.54, 1.807) is 0 Å². The zero-order valence-corrected chi connectivity index (χ0v) is 16.0. The van der Waals surface area contributed by atoms with Gasteiger partial charge in [-0.25, -0.2) is 4.98 Å². The summed E-state index contributed by atoms with van der Waals surface area (Å²) in [5, 5.41) is 19.5. The highest BCUT2D eigenvalue weighted by Crippen LogP contribution is 2.39. The number of nitrogens with two attached hydrogens (primary N) is 1. The lowest BCUT2D eigenvalue weighted by atomic mass is 9.86. The molecule has 0 spiro atoms. The summed E-state index contributed by atoms with van der Waals surface area (Å²) in [4.78, 5) is 4.44. The Balaban J connectivity index is 2.34. The van der Waals surface area contributed by atoms with Crippen LogP contribution in [-0.2, 0) is 12.8 Å². The lowest BCUT2D eigenvalue weighted by Gasteiger charge is -2.21. The number of aryl methyl sites for hydroxylation is 1. The van der Waals surface area contributed by atoms with Gasteiger partial charge in [-0.2, -0.15) is 5.26 Å². The Labute approximate surface area is 156 Å². The average molecular weight is 517 g/mol. The highest BCUT2D eigenvalue weighted by molar-refractivity contribution is 14.1. The normalized spacial score (nSPS) is 13.5. The SMILES string of the molecule is N#Cc1c(N)nc2c(c1-c1cc(I)c(O)c(I)c1)CCCC2. The summed E-state index contributed by atoms with van der Waals surface area (Å²) >= 11 is 4.21. The summed E-state index contributed by atoms with van der Waals surface area (Å²) in [5.41, 5.74) is 10.4. The second-order valence-electron chi connectivity index (χ2n) is 5.28. The van der Waals surface area contributed by atoms with Gasteiger partial charge >= 0.3 is 0 Å². The van der Waals surface area contributed by atoms with Crippen molar-refractivity contribution in [1.82, 2.24) is 4.98 Å². The lowest BCUT2D eigenvalue weighted by molar-refractivity contribution is 0.468. The van der Waals surface area contributed by atoms with E-state index in [9.17, 15) is 10.4 Å². The van der Waals surface area contributed by atoms with Gasteiger partial charge in [0.05, 0.1) is 7.14 Å². The molecule has 0 saturated carbocycles. The van der Waals surface area contributed by atoms with Crippen molar-refractivity contribution in [1.29, 1.82) is 5.26 Å². The molecule has 1 heterocycles. The number of hydrogen-bond donors (Lipinski definition) is 2. The van der Waals surface area contributed by atoms with Crippen LogP contribution in [0.4, 0.5) is 5.82 Å². The molecular weight excluding hydrogens is 504 g/mol. The quantitative estimate of drug-likeness (QED) is 0.561. The van der Waals surface area contributed by atoms with Crippen molar-refractivity contribution in [3.63, 3.8) is 0 Å². The topological polar surface area (TPSA) is 82.9 Å². The molecule has 0 fully saturated rings. The molecule has 6 heteroatoms. The van der Waals surface area contributed by atoms with Crippen molar-refractivity contribution in [2.45, 2.75) is 25.7 Å². The second kappa shape index (κ2) is 6.20. The van der Waals surface area contributed by atoms with Gasteiger partial charge in [0.2, 0.25) is 0 Å². The molecular formula is C16H13I2N3O. The van der Waals surface area contributed by atoms with Crippen LogP contribution in [-0.4, -0.2) is 10.1 Å². The van der Waals surface area contributed by atoms with Crippen molar-refractivity contribution in [2.75, 3.05) is 5.73 Å². The first-order chi connectivity index (χ1) is 10.5. The minimum Gasteiger partial charge on any atom is -0.506 e. The molecule has 0 radical (unpaired) electrons. The summed E-state index contributed by atoms with van der Waals surface area (Å²) in [5.74, 6) is 0.579. The lowest BCUT2D eigenvalue weighted by Crippen LogP contribution is -2.12. The fourth-order valence-corrected chi connectivity index (χ4v) is 4.67. The van der Waals surface area contributed by atoms with Crippen LogP contribution in [0.15, 0.2) is 12.1 Å². The van der Waals surface area contributed by atoms with E-state index >= 15 is 0 Å². The first-order valence-corrected chi connectivity index (χ1v) is 9.08. The number of nitrogens with zero attached hydrogens (tertiary/aromatic N) is 2. The molecule has 0 unspecified atom stereocenters. The molecule has 1 aliphatic rings. The van der Waals surface area contributed by atoms with E-state index in [0.717, 1.165) is 55.2 Å². The first-order valence-electron chi connectivity index (χ1n) is 6.92. The van der Waals surface area contributed by atoms with Gasteiger partial charge < -0.3 is 10.8 Å². The fourth-order valence-electron chi connectivity index (χ4n) is 2.90. The number of phenolic OH excluding ortho intramolecular Hbond substituents is 1. The molecule has 2 aromatic rings. The van der Waals surface area contributed by atoms with E-state index in [0.29, 0.717) is 11.4 Å². The fraction of sp³-hybridized carbons (Fsp3) is 0.250. The number of phenols is 1. The van der Waals surface area contributed by atoms with Crippen molar-refractivity contribution in [3.05, 3.63) is 36.1 Å². The average Bonchev–Trinajstić information content (AvgIpc) is 2.50. The molecule has 3 rings (SSSR count). The molecule has 112 valence electrons. The minimum atomic E-state index is 0.277. The van der Waals surface area contributed by atoms with Crippen LogP contribution < -0.4 is 5.73 Å². The molecule has 0 saturated heterocycles. The Morgan fingerprint density at radius 3 is 2.45 bits per heavy atom. The molecule has 1 aromatic carbocycles. The van der Waals surface area contributed by atoms with Crippen LogP contribution in [0, 0.1) is 18.5 Å². The highest BCUT2D eigenvalue weighted by atomic mass is 127. The predicted octanol–water partition coefficient (Wildman–Crippen LogP) is 4.00. The third kappa shape index (κ3) is 2.65. The molecule has 3 N–H and O–H groups in total. The van der Waals surface area contributed by atoms with Gasteiger partial charge in [0.1, 0.15) is 23.2 Å². The number of benzene rings is 1. The Kier molecular flexibility index (Phi) is 4.45. The van der Waals surface area contributed by atoms with Crippen LogP contribution in [0.2, 0.25) is 0 Å². The maximum Gasteiger partial charge on any atom is 0.142 e. The van der Waals surface area contributed by atoms with Gasteiger partial charge in [0.15, 0.2) is 0 Å². The zero-order valence-electron chi connectivity index (χ0n) is 11.7. The van der Waals surface area contributed by atoms with Crippen molar-refractivity contribution in [3.8, 4) is 22.9 Å². The Hall–Kier alpha value is -1.08. The molecule has 22 heavy (non-hydrogen) atoms. The predicted molar refractivity (Wildman–Crippen MR) is 103 cm³/mol. The van der Waals surface area contributed by atoms with Crippen LogP contribution in [0.1, 0.15) is 29.7 Å². The standard InChI is InChI=1S/C16H13I2N3O/c17-11-5-8(6-12(18)15(11)22)14-9-3-1-2-4-13(9)21-16(20)10(14)7-19/h5-6,22H,1-4H2,(H2,20,21).